The van der Waals surface area contributed by atoms with Crippen LogP contribution in [0.1, 0.15) is 24.1 Å². The molecule has 3 heterocycles. The fraction of sp³-hybridized carbons (Fsp3) is 0.364. The minimum atomic E-state index is -0.331. The van der Waals surface area contributed by atoms with Crippen molar-refractivity contribution in [2.45, 2.75) is 26.8 Å². The average Bonchev–Trinajstić information content (AvgIpc) is 3.06. The predicted octanol–water partition coefficient (Wildman–Crippen LogP) is 3.26. The lowest BCUT2D eigenvalue weighted by molar-refractivity contribution is -0.118. The van der Waals surface area contributed by atoms with E-state index in [0.717, 1.165) is 59.7 Å². The molecule has 2 N–H and O–H groups in total. The molecule has 0 spiro atoms. The minimum Gasteiger partial charge on any atom is -0.369 e. The van der Waals surface area contributed by atoms with Crippen LogP contribution >= 0.6 is 0 Å². The summed E-state index contributed by atoms with van der Waals surface area (Å²) in [6, 6.07) is 9.89. The van der Waals surface area contributed by atoms with Gasteiger partial charge in [0.2, 0.25) is 5.91 Å². The van der Waals surface area contributed by atoms with Gasteiger partial charge in [-0.2, -0.15) is 0 Å². The summed E-state index contributed by atoms with van der Waals surface area (Å²) in [6.07, 6.45) is 3.79. The zero-order valence-electron chi connectivity index (χ0n) is 16.7. The Balaban J connectivity index is 1.57. The number of rotatable bonds is 4. The number of carbonyl (C=O) groups excluding carboxylic acids is 1. The van der Waals surface area contributed by atoms with Crippen LogP contribution in [-0.2, 0) is 4.79 Å². The maximum atomic E-state index is 13.0. The summed E-state index contributed by atoms with van der Waals surface area (Å²) in [5.41, 5.74) is 6.09. The summed E-state index contributed by atoms with van der Waals surface area (Å²) < 4.78 is 2.00. The molecule has 0 saturated carbocycles. The van der Waals surface area contributed by atoms with Crippen LogP contribution in [0.3, 0.4) is 0 Å². The highest BCUT2D eigenvalue weighted by Crippen LogP contribution is 2.26. The van der Waals surface area contributed by atoms with Crippen molar-refractivity contribution < 1.29 is 4.79 Å². The highest BCUT2D eigenvalue weighted by Gasteiger charge is 2.20. The molecule has 0 radical (unpaired) electrons. The number of fused-ring (bicyclic) bond motifs is 1. The Hall–Kier alpha value is -2.86. The summed E-state index contributed by atoms with van der Waals surface area (Å²) in [7, 11) is 0. The van der Waals surface area contributed by atoms with Gasteiger partial charge in [0.15, 0.2) is 0 Å². The van der Waals surface area contributed by atoms with E-state index in [-0.39, 0.29) is 11.9 Å². The number of amides is 1. The van der Waals surface area contributed by atoms with Crippen LogP contribution in [0.4, 0.5) is 11.4 Å². The number of benzene rings is 1. The molecule has 1 amide bonds. The molecule has 28 heavy (non-hydrogen) atoms. The summed E-state index contributed by atoms with van der Waals surface area (Å²) in [5, 5.41) is 6.51. The zero-order chi connectivity index (χ0) is 19.7. The monoisotopic (exact) mass is 377 g/mol. The van der Waals surface area contributed by atoms with Gasteiger partial charge < -0.3 is 20.1 Å². The van der Waals surface area contributed by atoms with Crippen molar-refractivity contribution in [1.82, 2.24) is 14.9 Å². The molecule has 6 nitrogen and oxygen atoms in total. The van der Waals surface area contributed by atoms with E-state index >= 15 is 0 Å². The van der Waals surface area contributed by atoms with Gasteiger partial charge in [-0.3, -0.25) is 9.78 Å². The van der Waals surface area contributed by atoms with Gasteiger partial charge in [0.25, 0.3) is 0 Å². The van der Waals surface area contributed by atoms with E-state index in [2.05, 4.69) is 38.7 Å². The first kappa shape index (κ1) is 18.5. The largest absolute Gasteiger partial charge is 0.369 e. The molecule has 1 aliphatic rings. The third-order valence-electron chi connectivity index (χ3n) is 5.53. The van der Waals surface area contributed by atoms with Crippen LogP contribution in [0.25, 0.3) is 11.0 Å². The second-order valence-electron chi connectivity index (χ2n) is 7.49. The van der Waals surface area contributed by atoms with E-state index in [4.69, 9.17) is 0 Å². The van der Waals surface area contributed by atoms with Crippen molar-refractivity contribution in [2.75, 3.05) is 36.4 Å². The minimum absolute atomic E-state index is 0.0266. The molecular formula is C22H27N5O. The Bertz CT molecular complexity index is 1000. The number of nitrogens with one attached hydrogen (secondary N) is 2. The van der Waals surface area contributed by atoms with Crippen molar-refractivity contribution in [2.24, 2.45) is 0 Å². The van der Waals surface area contributed by atoms with E-state index in [1.807, 2.05) is 43.7 Å². The zero-order valence-corrected chi connectivity index (χ0v) is 16.7. The van der Waals surface area contributed by atoms with E-state index in [9.17, 15) is 4.79 Å². The van der Waals surface area contributed by atoms with Gasteiger partial charge in [-0.15, -0.1) is 0 Å². The molecule has 1 fully saturated rings. The smallest absolute Gasteiger partial charge is 0.247 e. The first-order valence-corrected chi connectivity index (χ1v) is 9.84. The number of anilines is 2. The molecule has 0 bridgehead atoms. The van der Waals surface area contributed by atoms with Crippen LogP contribution in [0.5, 0.6) is 0 Å². The summed E-state index contributed by atoms with van der Waals surface area (Å²) in [6.45, 7) is 9.92. The fourth-order valence-electron chi connectivity index (χ4n) is 3.80. The van der Waals surface area contributed by atoms with E-state index in [0.29, 0.717) is 0 Å². The molecular weight excluding hydrogens is 350 g/mol. The van der Waals surface area contributed by atoms with Gasteiger partial charge in [0, 0.05) is 49.9 Å². The number of aromatic nitrogens is 2. The lowest BCUT2D eigenvalue weighted by Crippen LogP contribution is -2.43. The number of pyridine rings is 1. The molecule has 2 aromatic heterocycles. The molecule has 1 unspecified atom stereocenters. The normalized spacial score (nSPS) is 15.6. The van der Waals surface area contributed by atoms with E-state index < -0.39 is 0 Å². The molecule has 0 aliphatic carbocycles. The maximum Gasteiger partial charge on any atom is 0.247 e. The number of hydrogen-bond donors (Lipinski definition) is 2. The standard InChI is InChI=1S/C22H27N5O/c1-15-6-7-18(26-11-9-23-10-12-26)13-19(15)25-22(28)17(3)27-14-16(2)21-20(27)5-4-8-24-21/h4-8,13-14,17,23H,9-12H2,1-3H3,(H,25,28). The van der Waals surface area contributed by atoms with Crippen molar-refractivity contribution in [3.05, 3.63) is 53.9 Å². The van der Waals surface area contributed by atoms with Gasteiger partial charge in [0.05, 0.1) is 11.0 Å². The Labute approximate surface area is 165 Å². The van der Waals surface area contributed by atoms with E-state index in [1.165, 1.54) is 0 Å². The van der Waals surface area contributed by atoms with Crippen molar-refractivity contribution >= 4 is 28.3 Å². The second-order valence-corrected chi connectivity index (χ2v) is 7.49. The van der Waals surface area contributed by atoms with Gasteiger partial charge in [-0.1, -0.05) is 6.07 Å². The van der Waals surface area contributed by atoms with Crippen LogP contribution in [0, 0.1) is 13.8 Å². The highest BCUT2D eigenvalue weighted by atomic mass is 16.2. The Kier molecular flexibility index (Phi) is 5.05. The first-order chi connectivity index (χ1) is 13.5. The van der Waals surface area contributed by atoms with Gasteiger partial charge in [-0.05, 0) is 56.2 Å². The van der Waals surface area contributed by atoms with Crippen LogP contribution in [-0.4, -0.2) is 41.6 Å². The lowest BCUT2D eigenvalue weighted by atomic mass is 10.1. The second kappa shape index (κ2) is 7.64. The van der Waals surface area contributed by atoms with Gasteiger partial charge >= 0.3 is 0 Å². The maximum absolute atomic E-state index is 13.0. The van der Waals surface area contributed by atoms with Gasteiger partial charge in [-0.25, -0.2) is 0 Å². The van der Waals surface area contributed by atoms with Crippen LogP contribution in [0.15, 0.2) is 42.7 Å². The third kappa shape index (κ3) is 3.47. The van der Waals surface area contributed by atoms with Crippen molar-refractivity contribution in [3.63, 3.8) is 0 Å². The summed E-state index contributed by atoms with van der Waals surface area (Å²) in [4.78, 5) is 19.8. The number of hydrogen-bond acceptors (Lipinski definition) is 4. The Morgan fingerprint density at radius 3 is 2.75 bits per heavy atom. The van der Waals surface area contributed by atoms with Crippen LogP contribution in [0.2, 0.25) is 0 Å². The number of aryl methyl sites for hydroxylation is 2. The number of carbonyl (C=O) groups is 1. The molecule has 3 aromatic rings. The van der Waals surface area contributed by atoms with Crippen LogP contribution < -0.4 is 15.5 Å². The first-order valence-electron chi connectivity index (χ1n) is 9.84. The summed E-state index contributed by atoms with van der Waals surface area (Å²) >= 11 is 0. The molecule has 146 valence electrons. The molecule has 1 atom stereocenters. The number of nitrogens with zero attached hydrogens (tertiary/aromatic N) is 3. The topological polar surface area (TPSA) is 62.2 Å². The van der Waals surface area contributed by atoms with E-state index in [1.54, 1.807) is 6.20 Å². The third-order valence-corrected chi connectivity index (χ3v) is 5.53. The lowest BCUT2D eigenvalue weighted by Gasteiger charge is -2.30. The molecule has 6 heteroatoms. The Morgan fingerprint density at radius 1 is 1.18 bits per heavy atom. The SMILES string of the molecule is Cc1ccc(N2CCNCC2)cc1NC(=O)C(C)n1cc(C)c2ncccc21. The van der Waals surface area contributed by atoms with Crippen molar-refractivity contribution in [3.8, 4) is 0 Å². The highest BCUT2D eigenvalue weighted by molar-refractivity contribution is 5.96. The molecule has 1 aromatic carbocycles. The predicted molar refractivity (Wildman–Crippen MR) is 114 cm³/mol. The fourth-order valence-corrected chi connectivity index (χ4v) is 3.80. The molecule has 4 rings (SSSR count). The molecule has 1 saturated heterocycles. The van der Waals surface area contributed by atoms with Gasteiger partial charge in [0.1, 0.15) is 6.04 Å². The molecule has 1 aliphatic heterocycles. The quantitative estimate of drug-likeness (QED) is 0.733. The number of piperazine rings is 1. The summed E-state index contributed by atoms with van der Waals surface area (Å²) in [5.74, 6) is -0.0266. The Morgan fingerprint density at radius 2 is 1.96 bits per heavy atom. The van der Waals surface area contributed by atoms with Crippen molar-refractivity contribution in [1.29, 1.82) is 0 Å². The average molecular weight is 377 g/mol.